The molecule has 3 N–H and O–H groups in total. The van der Waals surface area contributed by atoms with Gasteiger partial charge < -0.3 is 27.6 Å². The maximum Gasteiger partial charge on any atom is 0.172 e. The summed E-state index contributed by atoms with van der Waals surface area (Å²) >= 11 is 3.34. The van der Waals surface area contributed by atoms with E-state index in [9.17, 15) is 5.11 Å². The van der Waals surface area contributed by atoms with E-state index in [0.29, 0.717) is 10.2 Å². The van der Waals surface area contributed by atoms with Crippen LogP contribution in [0.15, 0.2) is 46.9 Å². The second kappa shape index (κ2) is 8.93. The van der Waals surface area contributed by atoms with Gasteiger partial charge in [-0.2, -0.15) is 0 Å². The Morgan fingerprint density at radius 1 is 1.14 bits per heavy atom. The molecule has 2 aromatic carbocycles. The van der Waals surface area contributed by atoms with Crippen LogP contribution in [0.5, 0.6) is 11.5 Å². The van der Waals surface area contributed by atoms with Gasteiger partial charge in [-0.3, -0.25) is 0 Å². The third kappa shape index (κ3) is 5.23. The molecular weight excluding hydrogens is 354 g/mol. The predicted octanol–water partition coefficient (Wildman–Crippen LogP) is -0.527. The number of hydrogen-bond donors (Lipinski definition) is 2. The fraction of sp³-hybridized carbons (Fsp3) is 0.250. The number of phenolic OH excluding ortho intramolecular Hbond substituents is 1. The third-order valence-corrected chi connectivity index (χ3v) is 3.77. The van der Waals surface area contributed by atoms with Crippen LogP contribution in [0.2, 0.25) is 0 Å². The number of phenols is 1. The van der Waals surface area contributed by atoms with E-state index in [1.807, 2.05) is 18.2 Å². The second-order valence-electron chi connectivity index (χ2n) is 4.65. The van der Waals surface area contributed by atoms with Crippen LogP contribution in [0, 0.1) is 0 Å². The summed E-state index contributed by atoms with van der Waals surface area (Å²) in [6.07, 6.45) is 1.05. The number of benzene rings is 2. The quantitative estimate of drug-likeness (QED) is 0.670. The van der Waals surface area contributed by atoms with E-state index in [-0.39, 0.29) is 18.2 Å². The standard InChI is InChI=1S/C16H18BrNO2.ClH/c1-20-15-10-13(9-14(17)16(15)19)11-18-8-7-12-5-3-2-4-6-12;/h2-6,9-10,18-19H,7-8,11H2,1H3;1H. The predicted molar refractivity (Wildman–Crippen MR) is 83.0 cm³/mol. The van der Waals surface area contributed by atoms with Gasteiger partial charge >= 0.3 is 0 Å². The van der Waals surface area contributed by atoms with Crippen LogP contribution in [-0.2, 0) is 13.0 Å². The molecule has 0 bridgehead atoms. The molecule has 0 fully saturated rings. The van der Waals surface area contributed by atoms with Crippen LogP contribution in [-0.4, -0.2) is 18.8 Å². The van der Waals surface area contributed by atoms with Gasteiger partial charge in [0.2, 0.25) is 0 Å². The van der Waals surface area contributed by atoms with Crippen molar-refractivity contribution in [2.75, 3.05) is 13.7 Å². The van der Waals surface area contributed by atoms with Crippen LogP contribution in [0.25, 0.3) is 0 Å². The molecular formula is C16H19BrClNO2. The monoisotopic (exact) mass is 371 g/mol. The van der Waals surface area contributed by atoms with Gasteiger partial charge in [-0.05, 0) is 33.6 Å². The van der Waals surface area contributed by atoms with Crippen molar-refractivity contribution in [2.45, 2.75) is 13.0 Å². The van der Waals surface area contributed by atoms with Crippen LogP contribution in [0.4, 0.5) is 0 Å². The number of halogens is 2. The van der Waals surface area contributed by atoms with E-state index < -0.39 is 0 Å². The van der Waals surface area contributed by atoms with E-state index >= 15 is 0 Å². The molecule has 2 rings (SSSR count). The largest absolute Gasteiger partial charge is 1.00 e. The van der Waals surface area contributed by atoms with Crippen molar-refractivity contribution in [3.8, 4) is 11.5 Å². The summed E-state index contributed by atoms with van der Waals surface area (Å²) in [7, 11) is 1.56. The molecule has 3 nitrogen and oxygen atoms in total. The summed E-state index contributed by atoms with van der Waals surface area (Å²) in [5.74, 6) is 0.659. The Balaban J connectivity index is 0.00000220. The first-order valence-electron chi connectivity index (χ1n) is 6.61. The zero-order valence-electron chi connectivity index (χ0n) is 11.9. The lowest BCUT2D eigenvalue weighted by Gasteiger charge is -2.08. The van der Waals surface area contributed by atoms with Crippen LogP contribution >= 0.6 is 15.9 Å². The minimum Gasteiger partial charge on any atom is -1.00 e. The normalized spacial score (nSPS) is 10.0. The van der Waals surface area contributed by atoms with Crippen LogP contribution < -0.4 is 22.5 Å². The summed E-state index contributed by atoms with van der Waals surface area (Å²) in [5, 5.41) is 12.0. The minimum atomic E-state index is 0. The fourth-order valence-corrected chi connectivity index (χ4v) is 2.57. The first-order chi connectivity index (χ1) is 9.70. The van der Waals surface area contributed by atoms with Gasteiger partial charge in [0.05, 0.1) is 18.1 Å². The van der Waals surface area contributed by atoms with Crippen LogP contribution in [0.1, 0.15) is 11.1 Å². The molecule has 0 radical (unpaired) electrons. The maximum absolute atomic E-state index is 9.76. The van der Waals surface area contributed by atoms with Crippen molar-refractivity contribution in [1.29, 1.82) is 0 Å². The van der Waals surface area contributed by atoms with E-state index in [2.05, 4.69) is 45.5 Å². The Bertz CT molecular complexity index is 564. The molecule has 0 aliphatic carbocycles. The number of nitrogens with two attached hydrogens (primary N) is 1. The highest BCUT2D eigenvalue weighted by molar-refractivity contribution is 9.10. The summed E-state index contributed by atoms with van der Waals surface area (Å²) in [6.45, 7) is 1.90. The molecule has 2 aromatic rings. The van der Waals surface area contributed by atoms with Crippen molar-refractivity contribution in [3.63, 3.8) is 0 Å². The number of rotatable bonds is 6. The molecule has 0 saturated carbocycles. The van der Waals surface area contributed by atoms with E-state index in [1.165, 1.54) is 5.56 Å². The Kier molecular flexibility index (Phi) is 7.57. The van der Waals surface area contributed by atoms with Crippen molar-refractivity contribution < 1.29 is 27.6 Å². The van der Waals surface area contributed by atoms with Gasteiger partial charge in [-0.1, -0.05) is 30.3 Å². The third-order valence-electron chi connectivity index (χ3n) is 3.17. The first-order valence-corrected chi connectivity index (χ1v) is 7.41. The first kappa shape index (κ1) is 17.8. The number of hydrogen-bond acceptors (Lipinski definition) is 2. The zero-order valence-corrected chi connectivity index (χ0v) is 14.2. The van der Waals surface area contributed by atoms with Crippen molar-refractivity contribution >= 4 is 15.9 Å². The van der Waals surface area contributed by atoms with Gasteiger partial charge in [0.15, 0.2) is 11.5 Å². The van der Waals surface area contributed by atoms with Gasteiger partial charge in [-0.15, -0.1) is 0 Å². The molecule has 0 amide bonds. The van der Waals surface area contributed by atoms with Crippen molar-refractivity contribution in [1.82, 2.24) is 0 Å². The molecule has 0 saturated heterocycles. The number of methoxy groups -OCH3 is 1. The van der Waals surface area contributed by atoms with Gasteiger partial charge in [0, 0.05) is 12.0 Å². The van der Waals surface area contributed by atoms with Gasteiger partial charge in [0.1, 0.15) is 6.54 Å². The lowest BCUT2D eigenvalue weighted by atomic mass is 10.1. The van der Waals surface area contributed by atoms with Gasteiger partial charge in [0.25, 0.3) is 0 Å². The molecule has 21 heavy (non-hydrogen) atoms. The number of quaternary nitrogens is 1. The minimum absolute atomic E-state index is 0. The highest BCUT2D eigenvalue weighted by Gasteiger charge is 2.09. The zero-order chi connectivity index (χ0) is 14.4. The molecule has 0 atom stereocenters. The summed E-state index contributed by atoms with van der Waals surface area (Å²) in [5.41, 5.74) is 2.48. The average molecular weight is 373 g/mol. The lowest BCUT2D eigenvalue weighted by molar-refractivity contribution is -0.670. The van der Waals surface area contributed by atoms with Gasteiger partial charge in [-0.25, -0.2) is 0 Å². The number of aromatic hydroxyl groups is 1. The Morgan fingerprint density at radius 3 is 2.52 bits per heavy atom. The Hall–Kier alpha value is -1.23. The molecule has 0 heterocycles. The Labute approximate surface area is 139 Å². The fourth-order valence-electron chi connectivity index (χ4n) is 2.08. The molecule has 5 heteroatoms. The Morgan fingerprint density at radius 2 is 1.86 bits per heavy atom. The number of ether oxygens (including phenoxy) is 1. The molecule has 114 valence electrons. The van der Waals surface area contributed by atoms with E-state index in [4.69, 9.17) is 4.74 Å². The molecule has 0 spiro atoms. The summed E-state index contributed by atoms with van der Waals surface area (Å²) in [6, 6.07) is 14.3. The SMILES string of the molecule is COc1cc(C[NH2+]CCc2ccccc2)cc(Br)c1O.[Cl-]. The van der Waals surface area contributed by atoms with Crippen molar-refractivity contribution in [3.05, 3.63) is 58.1 Å². The smallest absolute Gasteiger partial charge is 0.172 e. The van der Waals surface area contributed by atoms with E-state index in [0.717, 1.165) is 25.1 Å². The van der Waals surface area contributed by atoms with Crippen LogP contribution in [0.3, 0.4) is 0 Å². The molecule has 0 unspecified atom stereocenters. The lowest BCUT2D eigenvalue weighted by Crippen LogP contribution is -3.00. The molecule has 0 aromatic heterocycles. The molecule has 0 aliphatic rings. The summed E-state index contributed by atoms with van der Waals surface area (Å²) in [4.78, 5) is 0. The molecule has 0 aliphatic heterocycles. The second-order valence-corrected chi connectivity index (χ2v) is 5.50. The highest BCUT2D eigenvalue weighted by atomic mass is 79.9. The topological polar surface area (TPSA) is 46.1 Å². The highest BCUT2D eigenvalue weighted by Crippen LogP contribution is 2.34. The maximum atomic E-state index is 9.76. The van der Waals surface area contributed by atoms with E-state index in [1.54, 1.807) is 7.11 Å². The average Bonchev–Trinajstić information content (AvgIpc) is 2.48. The summed E-state index contributed by atoms with van der Waals surface area (Å²) < 4.78 is 5.82. The van der Waals surface area contributed by atoms with Crippen molar-refractivity contribution in [2.24, 2.45) is 0 Å².